The number of likely N-dealkylation sites (tertiary alicyclic amines) is 1. The van der Waals surface area contributed by atoms with E-state index in [-0.39, 0.29) is 17.4 Å². The summed E-state index contributed by atoms with van der Waals surface area (Å²) in [5, 5.41) is 2.46. The summed E-state index contributed by atoms with van der Waals surface area (Å²) < 4.78 is 13.6. The Bertz CT molecular complexity index is 583. The highest BCUT2D eigenvalue weighted by Crippen LogP contribution is 2.19. The van der Waals surface area contributed by atoms with Crippen LogP contribution in [0.5, 0.6) is 0 Å². The summed E-state index contributed by atoms with van der Waals surface area (Å²) in [6.45, 7) is 1.33. The molecule has 0 aromatic heterocycles. The average Bonchev–Trinajstić information content (AvgIpc) is 2.52. The summed E-state index contributed by atoms with van der Waals surface area (Å²) in [6, 6.07) is 5.90. The maximum atomic E-state index is 13.6. The van der Waals surface area contributed by atoms with Crippen LogP contribution in [0.25, 0.3) is 0 Å². The van der Waals surface area contributed by atoms with Gasteiger partial charge < -0.3 is 16.0 Å². The zero-order valence-electron chi connectivity index (χ0n) is 12.0. The van der Waals surface area contributed by atoms with E-state index in [0.717, 1.165) is 0 Å². The van der Waals surface area contributed by atoms with Gasteiger partial charge in [-0.1, -0.05) is 12.1 Å². The van der Waals surface area contributed by atoms with Crippen LogP contribution in [-0.2, 0) is 9.59 Å². The van der Waals surface area contributed by atoms with Crippen molar-refractivity contribution < 1.29 is 18.8 Å². The van der Waals surface area contributed by atoms with Crippen LogP contribution >= 0.6 is 0 Å². The van der Waals surface area contributed by atoms with Gasteiger partial charge in [0.25, 0.3) is 5.91 Å². The minimum atomic E-state index is -1.01. The molecule has 0 aliphatic carbocycles. The minimum Gasteiger partial charge on any atom is -0.361 e. The van der Waals surface area contributed by atoms with Crippen LogP contribution in [0.3, 0.4) is 0 Å². The molecule has 1 aromatic rings. The van der Waals surface area contributed by atoms with E-state index in [2.05, 4.69) is 5.32 Å². The predicted molar refractivity (Wildman–Crippen MR) is 77.2 cm³/mol. The first-order valence-corrected chi connectivity index (χ1v) is 7.10. The quantitative estimate of drug-likeness (QED) is 0.786. The van der Waals surface area contributed by atoms with Crippen molar-refractivity contribution in [2.45, 2.75) is 12.8 Å². The van der Waals surface area contributed by atoms with Crippen molar-refractivity contribution in [3.63, 3.8) is 0 Å². The molecule has 118 valence electrons. The maximum Gasteiger partial charge on any atom is 0.309 e. The van der Waals surface area contributed by atoms with Gasteiger partial charge in [0, 0.05) is 19.6 Å². The standard InChI is InChI=1S/C15H18FN3O3/c16-12-4-2-1-3-11(12)15(22)19-7-5-10(6-8-19)9-18-14(21)13(17)20/h1-4,10H,5-9H2,(H2,17,20)(H,18,21). The van der Waals surface area contributed by atoms with Crippen LogP contribution in [0.15, 0.2) is 24.3 Å². The van der Waals surface area contributed by atoms with Gasteiger partial charge in [0.2, 0.25) is 0 Å². The van der Waals surface area contributed by atoms with Crippen molar-refractivity contribution in [1.82, 2.24) is 10.2 Å². The van der Waals surface area contributed by atoms with Gasteiger partial charge >= 0.3 is 11.8 Å². The number of halogens is 1. The van der Waals surface area contributed by atoms with Gasteiger partial charge in [0.15, 0.2) is 0 Å². The number of hydrogen-bond acceptors (Lipinski definition) is 3. The van der Waals surface area contributed by atoms with Gasteiger partial charge in [-0.25, -0.2) is 4.39 Å². The molecule has 1 fully saturated rings. The molecule has 7 heteroatoms. The molecule has 0 spiro atoms. The zero-order valence-corrected chi connectivity index (χ0v) is 12.0. The second kappa shape index (κ2) is 7.02. The van der Waals surface area contributed by atoms with E-state index in [1.165, 1.54) is 12.1 Å². The number of carbonyl (C=O) groups excluding carboxylic acids is 3. The first-order valence-electron chi connectivity index (χ1n) is 7.10. The SMILES string of the molecule is NC(=O)C(=O)NCC1CCN(C(=O)c2ccccc2F)CC1. The lowest BCUT2D eigenvalue weighted by Crippen LogP contribution is -2.43. The molecule has 0 atom stereocenters. The average molecular weight is 307 g/mol. The van der Waals surface area contributed by atoms with E-state index in [4.69, 9.17) is 5.73 Å². The summed E-state index contributed by atoms with van der Waals surface area (Å²) in [6.07, 6.45) is 1.36. The summed E-state index contributed by atoms with van der Waals surface area (Å²) in [4.78, 5) is 35.6. The molecule has 3 amide bonds. The van der Waals surface area contributed by atoms with Gasteiger partial charge in [-0.2, -0.15) is 0 Å². The topological polar surface area (TPSA) is 92.5 Å². The van der Waals surface area contributed by atoms with Crippen molar-refractivity contribution >= 4 is 17.7 Å². The molecule has 6 nitrogen and oxygen atoms in total. The van der Waals surface area contributed by atoms with Gasteiger partial charge in [0.05, 0.1) is 5.56 Å². The van der Waals surface area contributed by atoms with Crippen LogP contribution in [0.2, 0.25) is 0 Å². The van der Waals surface area contributed by atoms with Crippen molar-refractivity contribution in [3.05, 3.63) is 35.6 Å². The molecule has 1 heterocycles. The lowest BCUT2D eigenvalue weighted by molar-refractivity contribution is -0.137. The molecule has 2 rings (SSSR count). The van der Waals surface area contributed by atoms with E-state index in [0.29, 0.717) is 32.5 Å². The number of carbonyl (C=O) groups is 3. The highest BCUT2D eigenvalue weighted by molar-refractivity contribution is 6.34. The monoisotopic (exact) mass is 307 g/mol. The van der Waals surface area contributed by atoms with E-state index in [9.17, 15) is 18.8 Å². The third kappa shape index (κ3) is 3.81. The molecular formula is C15H18FN3O3. The summed E-state index contributed by atoms with van der Waals surface area (Å²) in [5.74, 6) is -2.48. The smallest absolute Gasteiger partial charge is 0.309 e. The summed E-state index contributed by atoms with van der Waals surface area (Å²) in [7, 11) is 0. The molecule has 0 radical (unpaired) electrons. The first kappa shape index (κ1) is 15.9. The number of nitrogens with zero attached hydrogens (tertiary/aromatic N) is 1. The normalized spacial score (nSPS) is 15.4. The Morgan fingerprint density at radius 1 is 1.23 bits per heavy atom. The summed E-state index contributed by atoms with van der Waals surface area (Å²) in [5.41, 5.74) is 4.92. The third-order valence-corrected chi connectivity index (χ3v) is 3.78. The van der Waals surface area contributed by atoms with Gasteiger partial charge in [-0.3, -0.25) is 14.4 Å². The number of amides is 3. The fourth-order valence-electron chi connectivity index (χ4n) is 2.47. The second-order valence-electron chi connectivity index (χ2n) is 5.29. The number of primary amides is 1. The van der Waals surface area contributed by atoms with E-state index >= 15 is 0 Å². The lowest BCUT2D eigenvalue weighted by atomic mass is 9.96. The Balaban J connectivity index is 1.85. The molecule has 0 saturated carbocycles. The molecular weight excluding hydrogens is 289 g/mol. The molecule has 22 heavy (non-hydrogen) atoms. The molecule has 3 N–H and O–H groups in total. The minimum absolute atomic E-state index is 0.0722. The Labute approximate surface area is 127 Å². The van der Waals surface area contributed by atoms with Crippen molar-refractivity contribution in [2.75, 3.05) is 19.6 Å². The molecule has 0 unspecified atom stereocenters. The third-order valence-electron chi connectivity index (χ3n) is 3.78. The molecule has 1 aromatic carbocycles. The lowest BCUT2D eigenvalue weighted by Gasteiger charge is -2.32. The first-order chi connectivity index (χ1) is 10.5. The highest BCUT2D eigenvalue weighted by Gasteiger charge is 2.25. The number of nitrogens with one attached hydrogen (secondary N) is 1. The molecule has 1 saturated heterocycles. The maximum absolute atomic E-state index is 13.6. The fourth-order valence-corrected chi connectivity index (χ4v) is 2.47. The Morgan fingerprint density at radius 2 is 1.86 bits per heavy atom. The Morgan fingerprint density at radius 3 is 2.45 bits per heavy atom. The van der Waals surface area contributed by atoms with Crippen molar-refractivity contribution in [2.24, 2.45) is 11.7 Å². The molecule has 1 aliphatic rings. The molecule has 1 aliphatic heterocycles. The van der Waals surface area contributed by atoms with Gasteiger partial charge in [0.1, 0.15) is 5.82 Å². The Hall–Kier alpha value is -2.44. The van der Waals surface area contributed by atoms with Crippen LogP contribution in [0.4, 0.5) is 4.39 Å². The fraction of sp³-hybridized carbons (Fsp3) is 0.400. The van der Waals surface area contributed by atoms with E-state index in [1.807, 2.05) is 0 Å². The van der Waals surface area contributed by atoms with Crippen molar-refractivity contribution in [3.8, 4) is 0 Å². The van der Waals surface area contributed by atoms with Crippen LogP contribution in [-0.4, -0.2) is 42.3 Å². The van der Waals surface area contributed by atoms with Crippen molar-refractivity contribution in [1.29, 1.82) is 0 Å². The van der Waals surface area contributed by atoms with Crippen LogP contribution in [0, 0.1) is 11.7 Å². The Kier molecular flexibility index (Phi) is 5.08. The largest absolute Gasteiger partial charge is 0.361 e. The number of benzene rings is 1. The number of hydrogen-bond donors (Lipinski definition) is 2. The highest BCUT2D eigenvalue weighted by atomic mass is 19.1. The molecule has 0 bridgehead atoms. The number of nitrogens with two attached hydrogens (primary N) is 1. The van der Waals surface area contributed by atoms with E-state index in [1.54, 1.807) is 17.0 Å². The van der Waals surface area contributed by atoms with Gasteiger partial charge in [-0.05, 0) is 30.9 Å². The van der Waals surface area contributed by atoms with Gasteiger partial charge in [-0.15, -0.1) is 0 Å². The summed E-state index contributed by atoms with van der Waals surface area (Å²) >= 11 is 0. The second-order valence-corrected chi connectivity index (χ2v) is 5.29. The number of piperidine rings is 1. The van der Waals surface area contributed by atoms with Crippen LogP contribution in [0.1, 0.15) is 23.2 Å². The number of rotatable bonds is 3. The zero-order chi connectivity index (χ0) is 16.1. The van der Waals surface area contributed by atoms with E-state index < -0.39 is 17.6 Å². The van der Waals surface area contributed by atoms with Crippen LogP contribution < -0.4 is 11.1 Å². The predicted octanol–water partition coefficient (Wildman–Crippen LogP) is 0.279.